The lowest BCUT2D eigenvalue weighted by atomic mass is 9.89. The Morgan fingerprint density at radius 3 is 1.88 bits per heavy atom. The predicted octanol–water partition coefficient (Wildman–Crippen LogP) is 0.664. The molecule has 17 atom stereocenters. The topological polar surface area (TPSA) is 598 Å². The lowest BCUT2D eigenvalue weighted by Gasteiger charge is -2.33. The molecule has 13 amide bonds. The lowest BCUT2D eigenvalue weighted by Crippen LogP contribution is -2.64. The first-order chi connectivity index (χ1) is 61.2. The maximum atomic E-state index is 15.3. The Morgan fingerprint density at radius 2 is 1.25 bits per heavy atom. The highest BCUT2D eigenvalue weighted by Crippen LogP contribution is 2.25. The molecule has 21 N–H and O–H groups in total. The molecule has 5 aromatic rings. The lowest BCUT2D eigenvalue weighted by molar-refractivity contribution is -0.141. The van der Waals surface area contributed by atoms with Crippen LogP contribution in [-0.2, 0) is 114 Å². The highest BCUT2D eigenvalue weighted by Gasteiger charge is 2.44. The molecule has 0 saturated carbocycles. The number of hydrazine groups is 1. The number of aromatic amines is 1. The minimum absolute atomic E-state index is 0.102. The van der Waals surface area contributed by atoms with Crippen LogP contribution in [0.2, 0.25) is 0 Å². The molecular formula is C91H134N20O19. The Kier molecular flexibility index (Phi) is 41.5. The van der Waals surface area contributed by atoms with E-state index in [-0.39, 0.29) is 94.8 Å². The number of Topliss-reactive ketones (excluding diaryl/α,β-unsaturated/α-hetero) is 4. The molecular weight excluding hydrogens is 1680 g/mol. The summed E-state index contributed by atoms with van der Waals surface area (Å²) < 4.78 is 1.60. The maximum Gasteiger partial charge on any atom is 0.246 e. The number of ketones is 4. The standard InChI is InChI=1S/C91H134N20O19/c1-16-51(6)73(109-107-54(9)79(93)120)78(119)76(117)53(8)96-80(121)55(10)98-89(130)91(15)39-26-29-63-48-111(110-108-63)40-25-18-17-24-38-90(14,106-86(127)70(43-59-27-20-19-21-28-59)103-87(128)74(57(12)112)104-85(126)68(42-50(4)5)100-58(13)113)88(129)99-56(11)81(122)101-69(44-60-32-34-64(114)35-33-60)84(125)102-71(45-61-46-94-66-31-23-22-30-65(61)66)83(124)97-52(7)75(116)77(118)67(36-37-72(92)115)95-47-62(41-49(2)3)82(123)105-91/h19-23,27-28,30-35,46,48-57,62,67-71,73-74,94-95,107,109,112,114H,16-18,24-26,29,36-45,47H2,1-15H3,(H2,92,115)(H2,93,120)(H,96,121)(H,97,124)(H,98,130)(H,99,129)(H,100,113)(H,101,122)(H,102,125)(H,103,128)(H,104,126)(H,105,123)(H,106,127)/t51-,52-,53?,54+,55-,56?,57+,62+,67-,68-,69-,70-,71-,73-,74-,90+,91-/m0/s1. The van der Waals surface area contributed by atoms with E-state index in [2.05, 4.69) is 89.9 Å². The fourth-order valence-electron chi connectivity index (χ4n) is 14.9. The number of fused-ring (bicyclic) bond motifs is 3. The molecule has 712 valence electrons. The van der Waals surface area contributed by atoms with E-state index in [1.165, 1.54) is 86.6 Å². The number of amides is 13. The van der Waals surface area contributed by atoms with Crippen LogP contribution in [0.4, 0.5) is 0 Å². The predicted molar refractivity (Wildman–Crippen MR) is 481 cm³/mol. The van der Waals surface area contributed by atoms with E-state index >= 15 is 24.0 Å². The van der Waals surface area contributed by atoms with Crippen molar-refractivity contribution in [1.29, 1.82) is 0 Å². The molecule has 0 saturated heterocycles. The number of aryl methyl sites for hydroxylation is 2. The monoisotopic (exact) mass is 1810 g/mol. The molecule has 3 aromatic carbocycles. The Morgan fingerprint density at radius 1 is 0.600 bits per heavy atom. The van der Waals surface area contributed by atoms with Gasteiger partial charge in [-0.15, -0.1) is 5.10 Å². The quantitative estimate of drug-likeness (QED) is 0.0199. The van der Waals surface area contributed by atoms with Gasteiger partial charge in [0.2, 0.25) is 99.9 Å². The highest BCUT2D eigenvalue weighted by molar-refractivity contribution is 6.42. The van der Waals surface area contributed by atoms with Crippen molar-refractivity contribution in [3.05, 3.63) is 114 Å². The number of aliphatic hydroxyl groups is 1. The number of para-hydroxylation sites is 1. The molecule has 39 nitrogen and oxygen atoms in total. The summed E-state index contributed by atoms with van der Waals surface area (Å²) in [6.45, 7) is 22.7. The van der Waals surface area contributed by atoms with E-state index < -0.39 is 208 Å². The van der Waals surface area contributed by atoms with Crippen molar-refractivity contribution >= 4 is 111 Å². The second-order valence-corrected chi connectivity index (χ2v) is 35.4. The van der Waals surface area contributed by atoms with Crippen molar-refractivity contribution in [1.82, 2.24) is 94.6 Å². The van der Waals surface area contributed by atoms with Gasteiger partial charge in [-0.05, 0) is 159 Å². The number of carbonyl (C=O) groups excluding carboxylic acids is 17. The number of nitrogens with zero attached hydrogens (tertiary/aromatic N) is 3. The van der Waals surface area contributed by atoms with Gasteiger partial charge < -0.3 is 90.5 Å². The SMILES string of the molecule is CC[C@H](C)[C@H](NN[C@H](C)C(N)=O)C(=O)C(=O)C(C)NC(=O)[C@H](C)NC(=O)[C@]1(C)CCCc2cn(nn2)CCCCCC[C@@](C)(NC(=O)[C@H](Cc2ccccc2)NC(=O)[C@@H](NC(=O)[C@H](CC(C)C)NC(C)=O)[C@@H](C)O)C(=O)NC(C)C(=O)N[C@@H](Cc2ccc(O)cc2)C(=O)N[C@@H](Cc2c[nH]c3ccccc23)C(=O)N[C@@H](C)C(=O)C(=O)[C@H](CCC(N)=O)NC[C@@H](CC(C)C)C(=O)N1. The molecule has 2 unspecified atom stereocenters. The summed E-state index contributed by atoms with van der Waals surface area (Å²) in [7, 11) is 0. The van der Waals surface area contributed by atoms with Gasteiger partial charge in [-0.2, -0.15) is 0 Å². The number of benzene rings is 3. The van der Waals surface area contributed by atoms with E-state index in [1.54, 1.807) is 85.5 Å². The number of hydrogen-bond acceptors (Lipinski definition) is 24. The van der Waals surface area contributed by atoms with Crippen LogP contribution in [-0.4, -0.2) is 226 Å². The number of nitrogens with two attached hydrogens (primary N) is 2. The second kappa shape index (κ2) is 50.7. The minimum Gasteiger partial charge on any atom is -0.508 e. The molecule has 0 spiro atoms. The molecule has 39 heteroatoms. The third-order valence-corrected chi connectivity index (χ3v) is 23.0. The molecule has 130 heavy (non-hydrogen) atoms. The van der Waals surface area contributed by atoms with Crippen LogP contribution < -0.4 is 86.1 Å². The number of aliphatic hydroxyl groups excluding tert-OH is 1. The van der Waals surface area contributed by atoms with E-state index in [9.17, 15) is 67.7 Å². The van der Waals surface area contributed by atoms with Gasteiger partial charge in [0, 0.05) is 69.0 Å². The number of nitrogens with one attached hydrogen (secondary N) is 15. The minimum atomic E-state index is -1.94. The summed E-state index contributed by atoms with van der Waals surface area (Å²) >= 11 is 0. The fraction of sp³-hybridized carbons (Fsp3) is 0.571. The summed E-state index contributed by atoms with van der Waals surface area (Å²) in [5.74, 6) is -17.4. The molecule has 6 rings (SSSR count). The molecule has 1 aliphatic heterocycles. The number of carbonyl (C=O) groups is 17. The number of aromatic nitrogens is 4. The van der Waals surface area contributed by atoms with Gasteiger partial charge in [0.15, 0.2) is 0 Å². The zero-order valence-corrected chi connectivity index (χ0v) is 77.0. The van der Waals surface area contributed by atoms with Gasteiger partial charge in [-0.25, -0.2) is 10.9 Å². The molecule has 0 aliphatic carbocycles. The second-order valence-electron chi connectivity index (χ2n) is 35.4. The van der Waals surface area contributed by atoms with Crippen molar-refractivity contribution < 1.29 is 91.7 Å². The Bertz CT molecular complexity index is 4770. The largest absolute Gasteiger partial charge is 0.508 e. The zero-order valence-electron chi connectivity index (χ0n) is 77.0. The number of primary amides is 2. The van der Waals surface area contributed by atoms with Crippen LogP contribution in [0, 0.1) is 23.7 Å². The van der Waals surface area contributed by atoms with Crippen molar-refractivity contribution in [2.75, 3.05) is 6.54 Å². The first-order valence-electron chi connectivity index (χ1n) is 44.5. The van der Waals surface area contributed by atoms with E-state index in [4.69, 9.17) is 11.5 Å². The van der Waals surface area contributed by atoms with E-state index in [0.717, 1.165) is 0 Å². The van der Waals surface area contributed by atoms with Crippen LogP contribution in [0.1, 0.15) is 203 Å². The van der Waals surface area contributed by atoms with Crippen LogP contribution in [0.25, 0.3) is 10.9 Å². The number of phenols is 1. The first-order valence-corrected chi connectivity index (χ1v) is 44.5. The number of phenolic OH excluding ortho intramolecular Hbond substituents is 1. The number of hydrogen-bond donors (Lipinski definition) is 19. The number of aromatic hydroxyl groups is 1. The maximum absolute atomic E-state index is 15.3. The van der Waals surface area contributed by atoms with Gasteiger partial charge in [-0.1, -0.05) is 133 Å². The van der Waals surface area contributed by atoms with Crippen molar-refractivity contribution in [2.24, 2.45) is 35.1 Å². The third kappa shape index (κ3) is 33.1. The van der Waals surface area contributed by atoms with Gasteiger partial charge in [0.1, 0.15) is 59.1 Å². The highest BCUT2D eigenvalue weighted by atomic mass is 16.3. The molecule has 2 bridgehead atoms. The number of rotatable bonds is 34. The summed E-state index contributed by atoms with van der Waals surface area (Å²) in [4.78, 5) is 245. The van der Waals surface area contributed by atoms with Crippen LogP contribution >= 0.6 is 0 Å². The van der Waals surface area contributed by atoms with Gasteiger partial charge in [0.25, 0.3) is 0 Å². The van der Waals surface area contributed by atoms with E-state index in [1.807, 2.05) is 27.7 Å². The van der Waals surface area contributed by atoms with Crippen LogP contribution in [0.5, 0.6) is 5.75 Å². The molecule has 0 fully saturated rings. The fourth-order valence-corrected chi connectivity index (χ4v) is 14.9. The van der Waals surface area contributed by atoms with Gasteiger partial charge in [0.05, 0.1) is 47.9 Å². The van der Waals surface area contributed by atoms with Crippen molar-refractivity contribution in [3.8, 4) is 5.75 Å². The van der Waals surface area contributed by atoms with Gasteiger partial charge in [-0.3, -0.25) is 86.2 Å². The Balaban J connectivity index is 1.40. The zero-order chi connectivity index (χ0) is 96.6. The van der Waals surface area contributed by atoms with Gasteiger partial charge >= 0.3 is 0 Å². The Hall–Kier alpha value is -12.2. The molecule has 3 heterocycles. The Labute approximate surface area is 757 Å². The molecule has 2 aromatic heterocycles. The van der Waals surface area contributed by atoms with Crippen LogP contribution in [0.15, 0.2) is 91.3 Å². The van der Waals surface area contributed by atoms with Crippen molar-refractivity contribution in [3.63, 3.8) is 0 Å². The third-order valence-electron chi connectivity index (χ3n) is 23.0. The average molecular weight is 1810 g/mol. The average Bonchev–Trinajstić information content (AvgIpc) is 0.978. The normalized spacial score (nSPS) is 22.2. The van der Waals surface area contributed by atoms with E-state index in [0.29, 0.717) is 65.5 Å². The molecule has 0 radical (unpaired) electrons. The summed E-state index contributed by atoms with van der Waals surface area (Å²) in [5.41, 5.74) is 15.1. The smallest absolute Gasteiger partial charge is 0.246 e. The van der Waals surface area contributed by atoms with Crippen LogP contribution in [0.3, 0.4) is 0 Å². The first kappa shape index (κ1) is 107. The summed E-state index contributed by atoms with van der Waals surface area (Å²) in [6, 6.07) is 4.02. The summed E-state index contributed by atoms with van der Waals surface area (Å²) in [6.07, 6.45) is 2.58. The summed E-state index contributed by atoms with van der Waals surface area (Å²) in [5, 5.41) is 63.2. The number of H-pyrrole nitrogens is 1. The van der Waals surface area contributed by atoms with Crippen molar-refractivity contribution in [2.45, 2.75) is 303 Å². The molecule has 1 aliphatic rings.